The molecule has 0 saturated carbocycles. The van der Waals surface area contributed by atoms with Crippen LogP contribution in [0.4, 0.5) is 17.5 Å². The largest absolute Gasteiger partial charge is 0.488 e. The highest BCUT2D eigenvalue weighted by Gasteiger charge is 2.33. The Hall–Kier alpha value is -3.47. The summed E-state index contributed by atoms with van der Waals surface area (Å²) in [6.07, 6.45) is 0.687. The minimum Gasteiger partial charge on any atom is -0.423 e. The van der Waals surface area contributed by atoms with Gasteiger partial charge < -0.3 is 31.3 Å². The topological polar surface area (TPSA) is 137 Å². The number of nitrogens with zero attached hydrogens (tertiary/aromatic N) is 3. The monoisotopic (exact) mass is 444 g/mol. The number of carbonyl (C=O) groups is 1. The van der Waals surface area contributed by atoms with Crippen molar-refractivity contribution in [1.82, 2.24) is 15.3 Å². The van der Waals surface area contributed by atoms with Gasteiger partial charge in [-0.2, -0.15) is 4.98 Å². The van der Waals surface area contributed by atoms with Gasteiger partial charge in [0, 0.05) is 42.5 Å². The SMILES string of the molecule is CC1Cc2c(C(N)=O)cccc2N1c1nc2c(c(NCc3cccc(B(O)O)c3)n1)CNC2. The van der Waals surface area contributed by atoms with Gasteiger partial charge in [0.15, 0.2) is 0 Å². The number of amides is 1. The third-order valence-electron chi connectivity index (χ3n) is 6.22. The van der Waals surface area contributed by atoms with Gasteiger partial charge in [0.25, 0.3) is 0 Å². The fourth-order valence-electron chi connectivity index (χ4n) is 4.63. The standard InChI is InChI=1S/C23H25BN6O3/c1-13-8-17-16(21(25)31)6-3-7-20(17)30(13)23-28-19-12-26-11-18(19)22(29-23)27-10-14-4-2-5-15(9-14)24(32)33/h2-7,9,13,26,32-33H,8,10-12H2,1H3,(H2,25,31)(H,27,28,29). The number of primary amides is 1. The van der Waals surface area contributed by atoms with E-state index in [1.807, 2.05) is 18.2 Å². The molecule has 0 fully saturated rings. The lowest BCUT2D eigenvalue weighted by Gasteiger charge is -2.24. The smallest absolute Gasteiger partial charge is 0.423 e. The first-order valence-corrected chi connectivity index (χ1v) is 10.9. The molecule has 0 spiro atoms. The lowest BCUT2D eigenvalue weighted by Crippen LogP contribution is -2.30. The molecule has 1 aromatic heterocycles. The van der Waals surface area contributed by atoms with Gasteiger partial charge in [-0.05, 0) is 42.1 Å². The summed E-state index contributed by atoms with van der Waals surface area (Å²) >= 11 is 0. The molecular formula is C23H25BN6O3. The Morgan fingerprint density at radius 2 is 2.03 bits per heavy atom. The number of hydrogen-bond acceptors (Lipinski definition) is 8. The maximum Gasteiger partial charge on any atom is 0.488 e. The molecule has 1 unspecified atom stereocenters. The Morgan fingerprint density at radius 1 is 1.21 bits per heavy atom. The Labute approximate surface area is 191 Å². The first-order chi connectivity index (χ1) is 15.9. The molecule has 0 saturated heterocycles. The Bertz CT molecular complexity index is 1230. The number of carbonyl (C=O) groups excluding carboxylic acids is 1. The van der Waals surface area contributed by atoms with Gasteiger partial charge in [0.2, 0.25) is 11.9 Å². The van der Waals surface area contributed by atoms with E-state index in [2.05, 4.69) is 22.5 Å². The highest BCUT2D eigenvalue weighted by molar-refractivity contribution is 6.58. The highest BCUT2D eigenvalue weighted by atomic mass is 16.4. The van der Waals surface area contributed by atoms with Gasteiger partial charge in [-0.1, -0.05) is 30.3 Å². The van der Waals surface area contributed by atoms with Crippen LogP contribution in [0.1, 0.15) is 39.7 Å². The van der Waals surface area contributed by atoms with Crippen LogP contribution in [0.2, 0.25) is 0 Å². The zero-order valence-corrected chi connectivity index (χ0v) is 18.2. The number of nitrogens with one attached hydrogen (secondary N) is 2. The maximum absolute atomic E-state index is 11.9. The molecule has 9 nitrogen and oxygen atoms in total. The van der Waals surface area contributed by atoms with E-state index in [0.29, 0.717) is 43.0 Å². The van der Waals surface area contributed by atoms with Gasteiger partial charge in [0.05, 0.1) is 5.69 Å². The van der Waals surface area contributed by atoms with Gasteiger partial charge in [-0.25, -0.2) is 4.98 Å². The molecule has 2 aliphatic heterocycles. The zero-order chi connectivity index (χ0) is 23.1. The Morgan fingerprint density at radius 3 is 2.82 bits per heavy atom. The first kappa shape index (κ1) is 21.4. The molecule has 0 radical (unpaired) electrons. The van der Waals surface area contributed by atoms with Crippen molar-refractivity contribution >= 4 is 35.9 Å². The van der Waals surface area contributed by atoms with Crippen molar-refractivity contribution in [3.63, 3.8) is 0 Å². The third-order valence-corrected chi connectivity index (χ3v) is 6.22. The zero-order valence-electron chi connectivity index (χ0n) is 18.2. The first-order valence-electron chi connectivity index (χ1n) is 10.9. The van der Waals surface area contributed by atoms with E-state index >= 15 is 0 Å². The van der Waals surface area contributed by atoms with E-state index in [4.69, 9.17) is 15.7 Å². The van der Waals surface area contributed by atoms with Gasteiger partial charge in [-0.15, -0.1) is 0 Å². The summed E-state index contributed by atoms with van der Waals surface area (Å²) in [4.78, 5) is 23.7. The minimum absolute atomic E-state index is 0.0727. The number of aromatic nitrogens is 2. The average Bonchev–Trinajstić information content (AvgIpc) is 3.40. The fourth-order valence-corrected chi connectivity index (χ4v) is 4.63. The van der Waals surface area contributed by atoms with E-state index in [1.165, 1.54) is 0 Å². The van der Waals surface area contributed by atoms with Crippen molar-refractivity contribution in [2.45, 2.75) is 39.0 Å². The molecule has 5 rings (SSSR count). The van der Waals surface area contributed by atoms with Crippen molar-refractivity contribution in [3.05, 3.63) is 70.4 Å². The molecule has 1 atom stereocenters. The highest BCUT2D eigenvalue weighted by Crippen LogP contribution is 2.39. The molecule has 0 aliphatic carbocycles. The number of anilines is 3. The minimum atomic E-state index is -1.51. The Balaban J connectivity index is 1.49. The van der Waals surface area contributed by atoms with E-state index in [1.54, 1.807) is 24.3 Å². The molecule has 168 valence electrons. The molecule has 10 heteroatoms. The lowest BCUT2D eigenvalue weighted by molar-refractivity contribution is 0.0999. The second-order valence-corrected chi connectivity index (χ2v) is 8.46. The van der Waals surface area contributed by atoms with E-state index in [9.17, 15) is 14.8 Å². The van der Waals surface area contributed by atoms with Crippen LogP contribution < -0.4 is 26.7 Å². The molecule has 0 bridgehead atoms. The van der Waals surface area contributed by atoms with Crippen LogP contribution in [0, 0.1) is 0 Å². The molecule has 3 heterocycles. The second-order valence-electron chi connectivity index (χ2n) is 8.46. The normalized spacial score (nSPS) is 16.5. The summed E-state index contributed by atoms with van der Waals surface area (Å²) in [6.45, 7) is 3.88. The molecule has 3 aromatic rings. The number of nitrogens with two attached hydrogens (primary N) is 1. The second kappa shape index (κ2) is 8.47. The molecule has 33 heavy (non-hydrogen) atoms. The summed E-state index contributed by atoms with van der Waals surface area (Å²) in [5.41, 5.74) is 11.3. The number of fused-ring (bicyclic) bond motifs is 2. The van der Waals surface area contributed by atoms with Crippen molar-refractivity contribution in [2.24, 2.45) is 5.73 Å². The molecular weight excluding hydrogens is 419 g/mol. The fraction of sp³-hybridized carbons (Fsp3) is 0.261. The molecule has 2 aliphatic rings. The summed E-state index contributed by atoms with van der Waals surface area (Å²) in [5, 5.41) is 25.6. The van der Waals surface area contributed by atoms with Gasteiger partial charge in [0.1, 0.15) is 5.82 Å². The van der Waals surface area contributed by atoms with Crippen LogP contribution in [0.25, 0.3) is 0 Å². The van der Waals surface area contributed by atoms with E-state index in [0.717, 1.165) is 33.9 Å². The lowest BCUT2D eigenvalue weighted by atomic mass is 9.80. The summed E-state index contributed by atoms with van der Waals surface area (Å²) in [6, 6.07) is 12.8. The van der Waals surface area contributed by atoms with Crippen LogP contribution in [-0.4, -0.2) is 39.1 Å². The van der Waals surface area contributed by atoms with E-state index < -0.39 is 13.0 Å². The molecule has 1 amide bonds. The average molecular weight is 444 g/mol. The van der Waals surface area contributed by atoms with Crippen LogP contribution in [0.5, 0.6) is 0 Å². The van der Waals surface area contributed by atoms with Gasteiger partial charge >= 0.3 is 7.12 Å². The predicted molar refractivity (Wildman–Crippen MR) is 126 cm³/mol. The van der Waals surface area contributed by atoms with Crippen LogP contribution >= 0.6 is 0 Å². The number of benzene rings is 2. The summed E-state index contributed by atoms with van der Waals surface area (Å²) < 4.78 is 0. The quantitative estimate of drug-likeness (QED) is 0.348. The molecule has 2 aromatic carbocycles. The van der Waals surface area contributed by atoms with Crippen molar-refractivity contribution in [3.8, 4) is 0 Å². The number of hydrogen-bond donors (Lipinski definition) is 5. The maximum atomic E-state index is 11.9. The summed E-state index contributed by atoms with van der Waals surface area (Å²) in [5.74, 6) is 0.881. The third kappa shape index (κ3) is 3.93. The molecule has 6 N–H and O–H groups in total. The van der Waals surface area contributed by atoms with Crippen molar-refractivity contribution in [2.75, 3.05) is 10.2 Å². The number of rotatable bonds is 6. The van der Waals surface area contributed by atoms with Crippen molar-refractivity contribution in [1.29, 1.82) is 0 Å². The van der Waals surface area contributed by atoms with Crippen LogP contribution in [0.3, 0.4) is 0 Å². The van der Waals surface area contributed by atoms with Gasteiger partial charge in [-0.3, -0.25) is 4.79 Å². The van der Waals surface area contributed by atoms with E-state index in [-0.39, 0.29) is 6.04 Å². The van der Waals surface area contributed by atoms with Crippen molar-refractivity contribution < 1.29 is 14.8 Å². The van der Waals surface area contributed by atoms with Crippen LogP contribution in [-0.2, 0) is 26.1 Å². The Kier molecular flexibility index (Phi) is 5.49. The predicted octanol–water partition coefficient (Wildman–Crippen LogP) is 0.553. The summed E-state index contributed by atoms with van der Waals surface area (Å²) in [7, 11) is -1.51. The van der Waals surface area contributed by atoms with Crippen LogP contribution in [0.15, 0.2) is 42.5 Å².